The van der Waals surface area contributed by atoms with Crippen LogP contribution in [0.25, 0.3) is 0 Å². The van der Waals surface area contributed by atoms with Crippen molar-refractivity contribution in [3.63, 3.8) is 0 Å². The summed E-state index contributed by atoms with van der Waals surface area (Å²) in [5.74, 6) is -1.95. The van der Waals surface area contributed by atoms with Crippen LogP contribution in [0.3, 0.4) is 0 Å². The summed E-state index contributed by atoms with van der Waals surface area (Å²) in [6, 6.07) is -1.25. The molecule has 2 bridgehead atoms. The van der Waals surface area contributed by atoms with Gasteiger partial charge in [-0.15, -0.1) is 18.3 Å². The van der Waals surface area contributed by atoms with Crippen LogP contribution in [-0.4, -0.2) is 80.1 Å². The molecule has 0 aromatic heterocycles. The second-order valence-electron chi connectivity index (χ2n) is 10.4. The van der Waals surface area contributed by atoms with Gasteiger partial charge in [-0.1, -0.05) is 32.6 Å². The lowest BCUT2D eigenvalue weighted by atomic mass is 9.66. The summed E-state index contributed by atoms with van der Waals surface area (Å²) < 4.78 is 4.67. The zero-order chi connectivity index (χ0) is 24.7. The lowest BCUT2D eigenvalue weighted by molar-refractivity contribution is -0.154. The quantitative estimate of drug-likeness (QED) is 0.405. The van der Waals surface area contributed by atoms with Crippen molar-refractivity contribution in [3.8, 4) is 0 Å². The van der Waals surface area contributed by atoms with E-state index in [2.05, 4.69) is 20.1 Å². The topological polar surface area (TPSA) is 87.1 Å². The van der Waals surface area contributed by atoms with Gasteiger partial charge in [-0.25, -0.2) is 0 Å². The molecule has 0 saturated carbocycles. The number of hydrogen-bond acceptors (Lipinski definition) is 6. The van der Waals surface area contributed by atoms with Crippen LogP contribution in [0.2, 0.25) is 0 Å². The van der Waals surface area contributed by atoms with Gasteiger partial charge in [0.15, 0.2) is 0 Å². The molecular formula is C25H38N2O5S. The summed E-state index contributed by atoms with van der Waals surface area (Å²) >= 11 is 1.61. The molecule has 0 radical (unpaired) electrons. The normalized spacial score (nSPS) is 33.6. The van der Waals surface area contributed by atoms with E-state index in [0.29, 0.717) is 13.0 Å². The van der Waals surface area contributed by atoms with E-state index < -0.39 is 40.2 Å². The molecule has 7 nitrogen and oxygen atoms in total. The number of esters is 1. The Morgan fingerprint density at radius 3 is 2.55 bits per heavy atom. The Hall–Kier alpha value is -1.80. The molecule has 3 aliphatic rings. The molecule has 3 saturated heterocycles. The average molecular weight is 479 g/mol. The number of aliphatic hydroxyl groups is 1. The maximum atomic E-state index is 14.3. The number of fused-ring (bicyclic) bond motifs is 1. The highest BCUT2D eigenvalue weighted by molar-refractivity contribution is 8.02. The minimum absolute atomic E-state index is 0.0607. The summed E-state index contributed by atoms with van der Waals surface area (Å²) in [6.07, 6.45) is 4.47. The predicted molar refractivity (Wildman–Crippen MR) is 129 cm³/mol. The number of nitrogens with zero attached hydrogens (tertiary/aromatic N) is 2. The van der Waals surface area contributed by atoms with Crippen LogP contribution in [0, 0.1) is 17.8 Å². The fourth-order valence-electron chi connectivity index (χ4n) is 6.02. The van der Waals surface area contributed by atoms with Gasteiger partial charge >= 0.3 is 5.97 Å². The molecule has 0 aromatic rings. The molecule has 3 heterocycles. The Bertz CT molecular complexity index is 820. The Balaban J connectivity index is 2.14. The first-order valence-electron chi connectivity index (χ1n) is 11.8. The number of carbonyl (C=O) groups excluding carboxylic acids is 3. The number of ether oxygens (including phenoxy) is 1. The van der Waals surface area contributed by atoms with Crippen molar-refractivity contribution < 1.29 is 24.2 Å². The Kier molecular flexibility index (Phi) is 7.39. The molecule has 184 valence electrons. The molecule has 7 atom stereocenters. The first-order valence-corrected chi connectivity index (χ1v) is 12.7. The third-order valence-corrected chi connectivity index (χ3v) is 9.57. The number of rotatable bonds is 9. The van der Waals surface area contributed by atoms with Gasteiger partial charge in [-0.2, -0.15) is 0 Å². The van der Waals surface area contributed by atoms with Gasteiger partial charge in [0.2, 0.25) is 11.8 Å². The minimum atomic E-state index is -0.756. The van der Waals surface area contributed by atoms with Crippen molar-refractivity contribution in [2.24, 2.45) is 17.8 Å². The van der Waals surface area contributed by atoms with E-state index in [-0.39, 0.29) is 36.2 Å². The lowest BCUT2D eigenvalue weighted by Crippen LogP contribution is -2.61. The van der Waals surface area contributed by atoms with Gasteiger partial charge in [0.1, 0.15) is 12.6 Å². The van der Waals surface area contributed by atoms with Crippen LogP contribution >= 0.6 is 11.8 Å². The number of aliphatic hydroxyl groups excluding tert-OH is 1. The van der Waals surface area contributed by atoms with E-state index in [4.69, 9.17) is 4.74 Å². The third kappa shape index (κ3) is 3.93. The highest BCUT2D eigenvalue weighted by atomic mass is 32.2. The zero-order valence-corrected chi connectivity index (χ0v) is 21.3. The van der Waals surface area contributed by atoms with Crippen molar-refractivity contribution in [3.05, 3.63) is 25.3 Å². The highest BCUT2D eigenvalue weighted by Gasteiger charge is 2.77. The molecule has 1 N–H and O–H groups in total. The number of amides is 2. The van der Waals surface area contributed by atoms with E-state index in [1.165, 1.54) is 6.08 Å². The Morgan fingerprint density at radius 2 is 2.03 bits per heavy atom. The minimum Gasteiger partial charge on any atom is -0.461 e. The number of thioether (sulfide) groups is 1. The smallest absolute Gasteiger partial charge is 0.311 e. The van der Waals surface area contributed by atoms with Gasteiger partial charge in [0, 0.05) is 17.3 Å². The molecule has 3 aliphatic heterocycles. The van der Waals surface area contributed by atoms with Crippen LogP contribution in [0.1, 0.15) is 47.5 Å². The molecule has 3 fully saturated rings. The fraction of sp³-hybridized carbons (Fsp3) is 0.720. The van der Waals surface area contributed by atoms with Crippen LogP contribution in [0.5, 0.6) is 0 Å². The summed E-state index contributed by atoms with van der Waals surface area (Å²) in [5, 5.41) is 10.1. The average Bonchev–Trinajstić information content (AvgIpc) is 3.34. The van der Waals surface area contributed by atoms with Crippen molar-refractivity contribution in [2.45, 2.75) is 75.1 Å². The molecule has 33 heavy (non-hydrogen) atoms. The Morgan fingerprint density at radius 1 is 1.36 bits per heavy atom. The largest absolute Gasteiger partial charge is 0.461 e. The van der Waals surface area contributed by atoms with Crippen molar-refractivity contribution in [1.29, 1.82) is 0 Å². The summed E-state index contributed by atoms with van der Waals surface area (Å²) in [5.41, 5.74) is -0.484. The molecule has 3 rings (SSSR count). The van der Waals surface area contributed by atoms with E-state index >= 15 is 0 Å². The third-order valence-electron chi connectivity index (χ3n) is 7.50. The maximum Gasteiger partial charge on any atom is 0.311 e. The molecule has 8 heteroatoms. The number of hydrogen-bond donors (Lipinski definition) is 1. The highest BCUT2D eigenvalue weighted by Crippen LogP contribution is 2.69. The molecule has 0 aromatic carbocycles. The fourth-order valence-corrected chi connectivity index (χ4v) is 8.41. The molecule has 1 spiro atoms. The summed E-state index contributed by atoms with van der Waals surface area (Å²) in [4.78, 5) is 44.7. The summed E-state index contributed by atoms with van der Waals surface area (Å²) in [7, 11) is 0. The molecule has 2 amide bonds. The van der Waals surface area contributed by atoms with E-state index in [0.717, 1.165) is 6.42 Å². The van der Waals surface area contributed by atoms with Crippen LogP contribution < -0.4 is 0 Å². The van der Waals surface area contributed by atoms with Gasteiger partial charge in [0.25, 0.3) is 0 Å². The SMILES string of the molecule is C=CCOC(=O)[C@@H]1[C@H]2C(=O)N([C@@H](CC)CO)C(C(=O)N(CC=C)C(C)(C)C)C23S[C@@H]1CC3C. The van der Waals surface area contributed by atoms with Crippen molar-refractivity contribution >= 4 is 29.5 Å². The Labute approximate surface area is 201 Å². The van der Waals surface area contributed by atoms with Gasteiger partial charge in [-0.3, -0.25) is 14.4 Å². The zero-order valence-electron chi connectivity index (χ0n) is 20.5. The first kappa shape index (κ1) is 25.8. The summed E-state index contributed by atoms with van der Waals surface area (Å²) in [6.45, 7) is 17.5. The standard InChI is InChI=1S/C25H38N2O5S/c1-8-11-26(24(5,6)7)22(30)20-25-15(4)13-17(33-25)18(23(31)32-12-9-2)19(25)21(29)27(20)16(10-3)14-28/h8-9,15-20,28H,1-2,10-14H2,3-7H3/t15?,16-,17+,18-,19-,20?,25?/m0/s1. The van der Waals surface area contributed by atoms with Crippen LogP contribution in [0.4, 0.5) is 0 Å². The van der Waals surface area contributed by atoms with Gasteiger partial charge in [-0.05, 0) is 39.5 Å². The van der Waals surface area contributed by atoms with Crippen molar-refractivity contribution in [2.75, 3.05) is 19.8 Å². The maximum absolute atomic E-state index is 14.3. The first-order chi connectivity index (χ1) is 15.5. The molecule has 0 aliphatic carbocycles. The van der Waals surface area contributed by atoms with Gasteiger partial charge in [0.05, 0.1) is 29.2 Å². The van der Waals surface area contributed by atoms with Gasteiger partial charge < -0.3 is 19.6 Å². The second kappa shape index (κ2) is 9.45. The van der Waals surface area contributed by atoms with E-state index in [1.807, 2.05) is 27.7 Å². The second-order valence-corrected chi connectivity index (χ2v) is 11.9. The van der Waals surface area contributed by atoms with Crippen LogP contribution in [-0.2, 0) is 19.1 Å². The predicted octanol–water partition coefficient (Wildman–Crippen LogP) is 2.64. The van der Waals surface area contributed by atoms with E-state index in [9.17, 15) is 19.5 Å². The molecular weight excluding hydrogens is 440 g/mol. The monoisotopic (exact) mass is 478 g/mol. The van der Waals surface area contributed by atoms with Crippen molar-refractivity contribution in [1.82, 2.24) is 9.80 Å². The lowest BCUT2D eigenvalue weighted by Gasteiger charge is -2.45. The number of likely N-dealkylation sites (tertiary alicyclic amines) is 1. The van der Waals surface area contributed by atoms with E-state index in [1.54, 1.807) is 27.6 Å². The molecule has 3 unspecified atom stereocenters. The van der Waals surface area contributed by atoms with Crippen LogP contribution in [0.15, 0.2) is 25.3 Å². The number of carbonyl (C=O) groups is 3.